The Morgan fingerprint density at radius 1 is 1.43 bits per heavy atom. The van der Waals surface area contributed by atoms with Crippen LogP contribution in [0.1, 0.15) is 5.56 Å². The van der Waals surface area contributed by atoms with Gasteiger partial charge in [0.1, 0.15) is 5.82 Å². The summed E-state index contributed by atoms with van der Waals surface area (Å²) in [4.78, 5) is 13.9. The van der Waals surface area contributed by atoms with Gasteiger partial charge < -0.3 is 10.6 Å². The summed E-state index contributed by atoms with van der Waals surface area (Å²) in [6.07, 6.45) is 1.59. The van der Waals surface area contributed by atoms with Crippen LogP contribution in [0.25, 0.3) is 0 Å². The highest BCUT2D eigenvalue weighted by atomic mass is 35.5. The maximum absolute atomic E-state index is 13.0. The molecule has 1 aromatic carbocycles. The van der Waals surface area contributed by atoms with Crippen molar-refractivity contribution < 1.29 is 4.39 Å². The van der Waals surface area contributed by atoms with Gasteiger partial charge in [0.05, 0.1) is 18.4 Å². The molecule has 0 unspecified atom stereocenters. The van der Waals surface area contributed by atoms with Gasteiger partial charge in [0.15, 0.2) is 0 Å². The van der Waals surface area contributed by atoms with E-state index in [4.69, 9.17) is 17.3 Å². The highest BCUT2D eigenvalue weighted by Crippen LogP contribution is 2.17. The number of nitrogens with two attached hydrogens (primary N) is 1. The molecule has 0 aliphatic heterocycles. The molecule has 0 spiro atoms. The van der Waals surface area contributed by atoms with Gasteiger partial charge in [-0.1, -0.05) is 17.7 Å². The number of halogens is 2. The summed E-state index contributed by atoms with van der Waals surface area (Å²) >= 11 is 5.95. The van der Waals surface area contributed by atoms with Gasteiger partial charge in [0.2, 0.25) is 0 Å². The Kier molecular flexibility index (Phi) is 4.93. The van der Waals surface area contributed by atoms with Gasteiger partial charge in [-0.3, -0.25) is 4.79 Å². The Bertz CT molecular complexity index is 689. The van der Waals surface area contributed by atoms with Crippen molar-refractivity contribution in [2.45, 2.75) is 6.54 Å². The van der Waals surface area contributed by atoms with E-state index in [1.54, 1.807) is 12.3 Å². The fourth-order valence-corrected chi connectivity index (χ4v) is 2.11. The Labute approximate surface area is 126 Å². The monoisotopic (exact) mass is 310 g/mol. The molecule has 1 aromatic heterocycles. The number of hydrogen-bond acceptors (Lipinski definition) is 4. The first-order valence-corrected chi connectivity index (χ1v) is 6.81. The van der Waals surface area contributed by atoms with Crippen LogP contribution in [0.5, 0.6) is 0 Å². The van der Waals surface area contributed by atoms with Crippen molar-refractivity contribution in [3.63, 3.8) is 0 Å². The van der Waals surface area contributed by atoms with Gasteiger partial charge in [0.25, 0.3) is 5.56 Å². The van der Waals surface area contributed by atoms with E-state index in [2.05, 4.69) is 5.10 Å². The van der Waals surface area contributed by atoms with Crippen LogP contribution in [0.15, 0.2) is 35.3 Å². The third-order valence-electron chi connectivity index (χ3n) is 3.10. The minimum absolute atomic E-state index is 0.193. The predicted molar refractivity (Wildman–Crippen MR) is 81.3 cm³/mol. The number of benzene rings is 1. The topological polar surface area (TPSA) is 64.2 Å². The Hall–Kier alpha value is -1.92. The molecule has 7 heteroatoms. The largest absolute Gasteiger partial charge is 0.372 e. The fourth-order valence-electron chi connectivity index (χ4n) is 1.89. The minimum Gasteiger partial charge on any atom is -0.372 e. The predicted octanol–water partition coefficient (Wildman–Crippen LogP) is 1.48. The van der Waals surface area contributed by atoms with Gasteiger partial charge in [0, 0.05) is 31.2 Å². The molecule has 0 radical (unpaired) electrons. The number of anilines is 1. The number of rotatable bonds is 5. The lowest BCUT2D eigenvalue weighted by Crippen LogP contribution is -2.29. The zero-order valence-electron chi connectivity index (χ0n) is 11.6. The second-order valence-corrected chi connectivity index (χ2v) is 5.06. The van der Waals surface area contributed by atoms with Crippen molar-refractivity contribution >= 4 is 17.3 Å². The molecule has 0 aliphatic carbocycles. The summed E-state index contributed by atoms with van der Waals surface area (Å²) in [5, 5.41) is 4.38. The Balaban J connectivity index is 2.23. The van der Waals surface area contributed by atoms with Crippen LogP contribution < -0.4 is 16.2 Å². The second-order valence-electron chi connectivity index (χ2n) is 4.66. The van der Waals surface area contributed by atoms with Gasteiger partial charge in [-0.2, -0.15) is 5.10 Å². The van der Waals surface area contributed by atoms with Crippen molar-refractivity contribution in [1.82, 2.24) is 9.78 Å². The van der Waals surface area contributed by atoms with Gasteiger partial charge in [-0.05, 0) is 17.7 Å². The summed E-state index contributed by atoms with van der Waals surface area (Å²) in [5.41, 5.74) is 6.56. The quantitative estimate of drug-likeness (QED) is 0.908. The molecular weight excluding hydrogens is 295 g/mol. The molecule has 1 heterocycles. The summed E-state index contributed by atoms with van der Waals surface area (Å²) in [6, 6.07) is 5.54. The van der Waals surface area contributed by atoms with Gasteiger partial charge in [-0.25, -0.2) is 9.07 Å². The minimum atomic E-state index is -0.414. The van der Waals surface area contributed by atoms with Crippen molar-refractivity contribution in [3.05, 3.63) is 57.2 Å². The lowest BCUT2D eigenvalue weighted by Gasteiger charge is -2.17. The highest BCUT2D eigenvalue weighted by Gasteiger charge is 2.07. The van der Waals surface area contributed by atoms with Crippen molar-refractivity contribution in [3.8, 4) is 0 Å². The van der Waals surface area contributed by atoms with Crippen LogP contribution in [-0.2, 0) is 6.54 Å². The number of aromatic nitrogens is 2. The summed E-state index contributed by atoms with van der Waals surface area (Å²) in [7, 11) is 1.84. The Morgan fingerprint density at radius 2 is 2.19 bits per heavy atom. The standard InChI is InChI=1S/C14H16ClFN4O/c1-19(5-4-17)12-7-14(21)20(18-8-12)9-10-2-3-11(16)6-13(10)15/h2-3,6-8H,4-5,9,17H2,1H3. The van der Waals surface area contributed by atoms with Gasteiger partial charge >= 0.3 is 0 Å². The van der Waals surface area contributed by atoms with E-state index in [9.17, 15) is 9.18 Å². The fraction of sp³-hybridized carbons (Fsp3) is 0.286. The maximum Gasteiger partial charge on any atom is 0.269 e. The summed E-state index contributed by atoms with van der Waals surface area (Å²) in [6.45, 7) is 1.32. The Morgan fingerprint density at radius 3 is 2.81 bits per heavy atom. The smallest absolute Gasteiger partial charge is 0.269 e. The van der Waals surface area contributed by atoms with Crippen LogP contribution in [0.3, 0.4) is 0 Å². The molecule has 112 valence electrons. The molecule has 0 saturated carbocycles. The maximum atomic E-state index is 13.0. The van der Waals surface area contributed by atoms with Crippen molar-refractivity contribution in [2.75, 3.05) is 25.0 Å². The zero-order chi connectivity index (χ0) is 15.4. The normalized spacial score (nSPS) is 10.7. The van der Waals surface area contributed by atoms with E-state index in [1.807, 2.05) is 11.9 Å². The summed E-state index contributed by atoms with van der Waals surface area (Å²) < 4.78 is 14.3. The van der Waals surface area contributed by atoms with E-state index in [0.29, 0.717) is 24.3 Å². The van der Waals surface area contributed by atoms with E-state index in [-0.39, 0.29) is 17.1 Å². The van der Waals surface area contributed by atoms with Crippen molar-refractivity contribution in [2.24, 2.45) is 5.73 Å². The first-order valence-electron chi connectivity index (χ1n) is 6.43. The number of likely N-dealkylation sites (N-methyl/N-ethyl adjacent to an activating group) is 1. The van der Waals surface area contributed by atoms with Crippen LogP contribution >= 0.6 is 11.6 Å². The molecule has 0 saturated heterocycles. The average molecular weight is 311 g/mol. The molecule has 5 nitrogen and oxygen atoms in total. The van der Waals surface area contributed by atoms with E-state index >= 15 is 0 Å². The molecule has 0 atom stereocenters. The van der Waals surface area contributed by atoms with Crippen molar-refractivity contribution in [1.29, 1.82) is 0 Å². The van der Waals surface area contributed by atoms with Gasteiger partial charge in [-0.15, -0.1) is 0 Å². The molecule has 2 aromatic rings. The van der Waals surface area contributed by atoms with E-state index < -0.39 is 5.82 Å². The molecular formula is C14H16ClFN4O. The first kappa shape index (κ1) is 15.5. The average Bonchev–Trinajstić information content (AvgIpc) is 2.44. The third-order valence-corrected chi connectivity index (χ3v) is 3.45. The SMILES string of the molecule is CN(CCN)c1cnn(Cc2ccc(F)cc2Cl)c(=O)c1. The lowest BCUT2D eigenvalue weighted by atomic mass is 10.2. The molecule has 0 amide bonds. The summed E-state index contributed by atoms with van der Waals surface area (Å²) in [5.74, 6) is -0.414. The highest BCUT2D eigenvalue weighted by molar-refractivity contribution is 6.31. The van der Waals surface area contributed by atoms with E-state index in [0.717, 1.165) is 0 Å². The molecule has 2 rings (SSSR count). The molecule has 0 fully saturated rings. The third kappa shape index (κ3) is 3.80. The first-order chi connectivity index (χ1) is 10.0. The molecule has 0 aliphatic rings. The molecule has 2 N–H and O–H groups in total. The van der Waals surface area contributed by atoms with Crippen LogP contribution in [0, 0.1) is 5.82 Å². The molecule has 0 bridgehead atoms. The zero-order valence-corrected chi connectivity index (χ0v) is 12.3. The van der Waals surface area contributed by atoms with Crippen LogP contribution in [-0.4, -0.2) is 29.9 Å². The lowest BCUT2D eigenvalue weighted by molar-refractivity contribution is 0.618. The number of hydrogen-bond donors (Lipinski definition) is 1. The number of nitrogens with zero attached hydrogens (tertiary/aromatic N) is 3. The van der Waals surface area contributed by atoms with Crippen LogP contribution in [0.4, 0.5) is 10.1 Å². The van der Waals surface area contributed by atoms with Crippen LogP contribution in [0.2, 0.25) is 5.02 Å². The second kappa shape index (κ2) is 6.69. The van der Waals surface area contributed by atoms with E-state index in [1.165, 1.54) is 22.9 Å². The molecule has 21 heavy (non-hydrogen) atoms.